The van der Waals surface area contributed by atoms with Gasteiger partial charge < -0.3 is 14.6 Å². The number of aromatic amines is 1. The largest absolute Gasteiger partial charge is 0.469 e. The Morgan fingerprint density at radius 3 is 2.82 bits per heavy atom. The smallest absolute Gasteiger partial charge is 0.289 e. The molecule has 0 unspecified atom stereocenters. The normalized spacial score (nSPS) is 17.3. The van der Waals surface area contributed by atoms with Crippen molar-refractivity contribution in [1.29, 1.82) is 0 Å². The summed E-state index contributed by atoms with van der Waals surface area (Å²) in [4.78, 5) is 30.7. The highest BCUT2D eigenvalue weighted by Crippen LogP contribution is 2.31. The summed E-state index contributed by atoms with van der Waals surface area (Å²) in [5.74, 6) is 0.828. The van der Waals surface area contributed by atoms with E-state index >= 15 is 0 Å². The first-order valence-corrected chi connectivity index (χ1v) is 9.69. The molecule has 0 spiro atoms. The zero-order chi connectivity index (χ0) is 18.9. The number of allylic oxidation sites excluding steroid dienone is 2. The summed E-state index contributed by atoms with van der Waals surface area (Å²) in [6.07, 6.45) is 10.00. The molecule has 0 saturated carbocycles. The van der Waals surface area contributed by atoms with E-state index in [0.29, 0.717) is 24.8 Å². The van der Waals surface area contributed by atoms with Crippen molar-refractivity contribution in [3.05, 3.63) is 54.3 Å². The fourth-order valence-electron chi connectivity index (χ4n) is 3.73. The van der Waals surface area contributed by atoms with Gasteiger partial charge in [0.05, 0.1) is 24.1 Å². The van der Waals surface area contributed by atoms with Crippen LogP contribution in [0.15, 0.2) is 42.7 Å². The summed E-state index contributed by atoms with van der Waals surface area (Å²) >= 11 is 0. The molecule has 1 aliphatic heterocycles. The van der Waals surface area contributed by atoms with E-state index in [1.54, 1.807) is 17.3 Å². The topological polar surface area (TPSA) is 84.0 Å². The van der Waals surface area contributed by atoms with Crippen LogP contribution in [0.2, 0.25) is 0 Å². The lowest BCUT2D eigenvalue weighted by atomic mass is 9.97. The molecule has 0 radical (unpaired) electrons. The average molecular weight is 375 g/mol. The van der Waals surface area contributed by atoms with Gasteiger partial charge >= 0.3 is 0 Å². The van der Waals surface area contributed by atoms with Crippen molar-refractivity contribution in [2.75, 3.05) is 13.1 Å². The van der Waals surface area contributed by atoms with Crippen LogP contribution in [0.1, 0.15) is 42.0 Å². The summed E-state index contributed by atoms with van der Waals surface area (Å²) < 4.78 is 6.07. The predicted octanol–water partition coefficient (Wildman–Crippen LogP) is 3.21. The number of benzene rings is 1. The number of imidazole rings is 1. The summed E-state index contributed by atoms with van der Waals surface area (Å²) in [6.45, 7) is 1.04. The maximum absolute atomic E-state index is 12.6. The van der Waals surface area contributed by atoms with Crippen LogP contribution in [0, 0.1) is 0 Å². The number of rotatable bonds is 4. The molecule has 1 N–H and O–H groups in total. The van der Waals surface area contributed by atoms with E-state index in [-0.39, 0.29) is 12.0 Å². The van der Waals surface area contributed by atoms with Crippen molar-refractivity contribution in [3.8, 4) is 5.88 Å². The van der Waals surface area contributed by atoms with E-state index in [2.05, 4.69) is 26.0 Å². The van der Waals surface area contributed by atoms with Gasteiger partial charge in [0.2, 0.25) is 5.88 Å². The molecule has 0 atom stereocenters. The molecule has 28 heavy (non-hydrogen) atoms. The SMILES string of the molecule is O=C(c1nc2ccccc2[nH]1)N1CC(Oc2nccnc2C2=CCCCC2)C1. The predicted molar refractivity (Wildman–Crippen MR) is 105 cm³/mol. The Labute approximate surface area is 162 Å². The standard InChI is InChI=1S/C21H21N5O2/c27-21(19-24-16-8-4-5-9-17(16)25-19)26-12-15(13-26)28-20-18(22-10-11-23-20)14-6-2-1-3-7-14/h4-6,8-11,15H,1-3,7,12-13H2,(H,24,25). The molecule has 1 fully saturated rings. The number of H-pyrrole nitrogens is 1. The van der Waals surface area contributed by atoms with Gasteiger partial charge in [-0.05, 0) is 43.4 Å². The summed E-state index contributed by atoms with van der Waals surface area (Å²) in [5, 5.41) is 0. The van der Waals surface area contributed by atoms with Crippen LogP contribution in [0.4, 0.5) is 0 Å². The number of hydrogen-bond donors (Lipinski definition) is 1. The highest BCUT2D eigenvalue weighted by atomic mass is 16.5. The Bertz CT molecular complexity index is 1020. The van der Waals surface area contributed by atoms with Crippen molar-refractivity contribution < 1.29 is 9.53 Å². The van der Waals surface area contributed by atoms with E-state index < -0.39 is 0 Å². The zero-order valence-corrected chi connectivity index (χ0v) is 15.5. The molecular weight excluding hydrogens is 354 g/mol. The van der Waals surface area contributed by atoms with Crippen molar-refractivity contribution in [1.82, 2.24) is 24.8 Å². The number of fused-ring (bicyclic) bond motifs is 1. The van der Waals surface area contributed by atoms with Gasteiger partial charge in [0.15, 0.2) is 5.82 Å². The summed E-state index contributed by atoms with van der Waals surface area (Å²) in [6, 6.07) is 7.63. The van der Waals surface area contributed by atoms with Crippen LogP contribution in [0.25, 0.3) is 16.6 Å². The molecule has 2 aromatic heterocycles. The molecule has 3 heterocycles. The van der Waals surface area contributed by atoms with Gasteiger partial charge in [0, 0.05) is 12.4 Å². The molecule has 7 heteroatoms. The monoisotopic (exact) mass is 375 g/mol. The van der Waals surface area contributed by atoms with Crippen LogP contribution in [-0.4, -0.2) is 49.9 Å². The first kappa shape index (κ1) is 16.9. The van der Waals surface area contributed by atoms with Crippen LogP contribution in [0.3, 0.4) is 0 Å². The summed E-state index contributed by atoms with van der Waals surface area (Å²) in [5.41, 5.74) is 3.71. The number of nitrogens with one attached hydrogen (secondary N) is 1. The second-order valence-corrected chi connectivity index (χ2v) is 7.24. The molecule has 1 aliphatic carbocycles. The first-order chi connectivity index (χ1) is 13.8. The van der Waals surface area contributed by atoms with E-state index in [9.17, 15) is 4.79 Å². The van der Waals surface area contributed by atoms with Gasteiger partial charge in [-0.2, -0.15) is 0 Å². The number of carbonyl (C=O) groups is 1. The Hall–Kier alpha value is -3.22. The molecule has 1 saturated heterocycles. The van der Waals surface area contributed by atoms with Gasteiger partial charge in [-0.25, -0.2) is 15.0 Å². The molecule has 7 nitrogen and oxygen atoms in total. The summed E-state index contributed by atoms with van der Waals surface area (Å²) in [7, 11) is 0. The van der Waals surface area contributed by atoms with Gasteiger partial charge in [-0.1, -0.05) is 18.2 Å². The fraction of sp³-hybridized carbons (Fsp3) is 0.333. The van der Waals surface area contributed by atoms with Crippen LogP contribution < -0.4 is 4.74 Å². The molecule has 5 rings (SSSR count). The number of nitrogens with zero attached hydrogens (tertiary/aromatic N) is 4. The zero-order valence-electron chi connectivity index (χ0n) is 15.5. The van der Waals surface area contributed by atoms with Crippen molar-refractivity contribution >= 4 is 22.5 Å². The number of likely N-dealkylation sites (tertiary alicyclic amines) is 1. The first-order valence-electron chi connectivity index (χ1n) is 9.69. The third-order valence-electron chi connectivity index (χ3n) is 5.27. The third-order valence-corrected chi connectivity index (χ3v) is 5.27. The van der Waals surface area contributed by atoms with Crippen molar-refractivity contribution in [2.45, 2.75) is 31.8 Å². The Balaban J connectivity index is 1.25. The number of aromatic nitrogens is 4. The number of hydrogen-bond acceptors (Lipinski definition) is 5. The molecule has 2 aliphatic rings. The highest BCUT2D eigenvalue weighted by molar-refractivity contribution is 5.94. The van der Waals surface area contributed by atoms with Gasteiger partial charge in [0.1, 0.15) is 11.8 Å². The number of carbonyl (C=O) groups excluding carboxylic acids is 1. The lowest BCUT2D eigenvalue weighted by molar-refractivity contribution is 0.0149. The molecule has 142 valence electrons. The number of amides is 1. The van der Waals surface area contributed by atoms with E-state index in [4.69, 9.17) is 4.74 Å². The Morgan fingerprint density at radius 2 is 2.00 bits per heavy atom. The minimum atomic E-state index is -0.106. The molecule has 1 aromatic carbocycles. The number of ether oxygens (including phenoxy) is 1. The van der Waals surface area contributed by atoms with Gasteiger partial charge in [-0.3, -0.25) is 4.79 Å². The van der Waals surface area contributed by atoms with Gasteiger partial charge in [0.25, 0.3) is 5.91 Å². The average Bonchev–Trinajstić information content (AvgIpc) is 3.15. The molecular formula is C21H21N5O2. The maximum Gasteiger partial charge on any atom is 0.289 e. The quantitative estimate of drug-likeness (QED) is 0.757. The lowest BCUT2D eigenvalue weighted by Gasteiger charge is -2.38. The highest BCUT2D eigenvalue weighted by Gasteiger charge is 2.35. The molecule has 1 amide bonds. The van der Waals surface area contributed by atoms with Crippen LogP contribution in [0.5, 0.6) is 5.88 Å². The third kappa shape index (κ3) is 3.13. The second-order valence-electron chi connectivity index (χ2n) is 7.24. The van der Waals surface area contributed by atoms with Gasteiger partial charge in [-0.15, -0.1) is 0 Å². The Kier molecular flexibility index (Phi) is 4.27. The lowest BCUT2D eigenvalue weighted by Crippen LogP contribution is -2.56. The van der Waals surface area contributed by atoms with E-state index in [1.807, 2.05) is 24.3 Å². The molecule has 0 bridgehead atoms. The minimum absolute atomic E-state index is 0.0760. The van der Waals surface area contributed by atoms with Crippen LogP contribution >= 0.6 is 0 Å². The maximum atomic E-state index is 12.6. The Morgan fingerprint density at radius 1 is 1.14 bits per heavy atom. The van der Waals surface area contributed by atoms with E-state index in [1.165, 1.54) is 18.4 Å². The van der Waals surface area contributed by atoms with Crippen LogP contribution in [-0.2, 0) is 0 Å². The minimum Gasteiger partial charge on any atom is -0.469 e. The second kappa shape index (κ2) is 7.07. The molecule has 3 aromatic rings. The van der Waals surface area contributed by atoms with Crippen molar-refractivity contribution in [3.63, 3.8) is 0 Å². The fourth-order valence-corrected chi connectivity index (χ4v) is 3.73. The van der Waals surface area contributed by atoms with Crippen molar-refractivity contribution in [2.24, 2.45) is 0 Å². The number of para-hydroxylation sites is 2. The van der Waals surface area contributed by atoms with E-state index in [0.717, 1.165) is 29.6 Å².